The van der Waals surface area contributed by atoms with Crippen LogP contribution in [0, 0.1) is 24.0 Å². The maximum atomic E-state index is 12.1. The van der Waals surface area contributed by atoms with E-state index in [2.05, 4.69) is 10.5 Å². The van der Waals surface area contributed by atoms with E-state index in [1.54, 1.807) is 24.3 Å². The summed E-state index contributed by atoms with van der Waals surface area (Å²) in [5.41, 5.74) is 1.90. The van der Waals surface area contributed by atoms with Crippen molar-refractivity contribution in [2.45, 2.75) is 26.9 Å². The quantitative estimate of drug-likeness (QED) is 0.278. The lowest BCUT2D eigenvalue weighted by atomic mass is 10.1. The molecular formula is C22H20ClN3O7. The number of aryl methyl sites for hydroxylation is 2. The van der Waals surface area contributed by atoms with Gasteiger partial charge in [0.25, 0.3) is 11.6 Å². The van der Waals surface area contributed by atoms with Crippen molar-refractivity contribution in [1.82, 2.24) is 5.16 Å². The molecule has 0 atom stereocenters. The predicted molar refractivity (Wildman–Crippen MR) is 118 cm³/mol. The van der Waals surface area contributed by atoms with Crippen molar-refractivity contribution in [3.63, 3.8) is 0 Å². The van der Waals surface area contributed by atoms with E-state index < -0.39 is 23.4 Å². The number of hydrogen-bond acceptors (Lipinski definition) is 8. The number of nitrogens with one attached hydrogen (secondary N) is 1. The number of anilines is 1. The molecule has 1 aromatic heterocycles. The van der Waals surface area contributed by atoms with Gasteiger partial charge in [0, 0.05) is 11.1 Å². The Balaban J connectivity index is 1.47. The topological polar surface area (TPSA) is 134 Å². The number of nitro groups is 1. The number of nitrogens with zero attached hydrogens (tertiary/aromatic N) is 2. The van der Waals surface area contributed by atoms with Gasteiger partial charge >= 0.3 is 5.97 Å². The molecule has 0 radical (unpaired) electrons. The molecule has 1 heterocycles. The highest BCUT2D eigenvalue weighted by Crippen LogP contribution is 2.27. The lowest BCUT2D eigenvalue weighted by Gasteiger charge is -2.08. The van der Waals surface area contributed by atoms with E-state index in [0.717, 1.165) is 17.3 Å². The Kier molecular flexibility index (Phi) is 7.62. The number of ether oxygens (including phenoxy) is 2. The summed E-state index contributed by atoms with van der Waals surface area (Å²) >= 11 is 5.74. The molecule has 0 aliphatic heterocycles. The van der Waals surface area contributed by atoms with E-state index in [9.17, 15) is 19.7 Å². The Morgan fingerprint density at radius 1 is 1.18 bits per heavy atom. The second-order valence-electron chi connectivity index (χ2n) is 7.04. The summed E-state index contributed by atoms with van der Waals surface area (Å²) in [7, 11) is 0. The molecule has 33 heavy (non-hydrogen) atoms. The van der Waals surface area contributed by atoms with Gasteiger partial charge in [-0.25, -0.2) is 0 Å². The minimum absolute atomic E-state index is 0.0439. The van der Waals surface area contributed by atoms with Gasteiger partial charge in [0.05, 0.1) is 22.6 Å². The first-order valence-electron chi connectivity index (χ1n) is 9.76. The number of amides is 1. The molecule has 0 fully saturated rings. The molecule has 0 saturated carbocycles. The van der Waals surface area contributed by atoms with Crippen molar-refractivity contribution in [1.29, 1.82) is 0 Å². The molecule has 172 valence electrons. The van der Waals surface area contributed by atoms with Crippen molar-refractivity contribution >= 4 is 34.9 Å². The molecule has 11 heteroatoms. The van der Waals surface area contributed by atoms with Crippen molar-refractivity contribution in [2.75, 3.05) is 11.9 Å². The molecule has 2 aromatic carbocycles. The van der Waals surface area contributed by atoms with Crippen LogP contribution >= 0.6 is 11.6 Å². The molecule has 3 rings (SSSR count). The molecule has 1 amide bonds. The first kappa shape index (κ1) is 23.7. The Morgan fingerprint density at radius 3 is 2.55 bits per heavy atom. The summed E-state index contributed by atoms with van der Waals surface area (Å²) in [6.07, 6.45) is -0.0570. The largest absolute Gasteiger partial charge is 0.489 e. The van der Waals surface area contributed by atoms with Crippen molar-refractivity contribution in [3.8, 4) is 5.75 Å². The average molecular weight is 474 g/mol. The monoisotopic (exact) mass is 473 g/mol. The summed E-state index contributed by atoms with van der Waals surface area (Å²) in [6.45, 7) is 3.37. The van der Waals surface area contributed by atoms with Crippen LogP contribution in [0.4, 0.5) is 11.4 Å². The maximum Gasteiger partial charge on any atom is 0.310 e. The van der Waals surface area contributed by atoms with E-state index >= 15 is 0 Å². The van der Waals surface area contributed by atoms with Crippen LogP contribution in [0.15, 0.2) is 47.0 Å². The fourth-order valence-corrected chi connectivity index (χ4v) is 3.04. The highest BCUT2D eigenvalue weighted by atomic mass is 35.5. The zero-order valence-corrected chi connectivity index (χ0v) is 18.5. The number of nitro benzene ring substituents is 1. The van der Waals surface area contributed by atoms with Crippen LogP contribution in [0.1, 0.15) is 22.6 Å². The van der Waals surface area contributed by atoms with Crippen molar-refractivity contribution < 1.29 is 28.5 Å². The Hall–Kier alpha value is -3.92. The Morgan fingerprint density at radius 2 is 1.91 bits per heavy atom. The van der Waals surface area contributed by atoms with Gasteiger partial charge in [-0.3, -0.25) is 19.7 Å². The standard InChI is InChI=1S/C22H20ClN3O7/c1-13-18(14(2)33-25-13)11-31-17-6-3-15(4-7-17)9-22(28)32-12-21(27)24-19-8-5-16(23)10-20(19)26(29)30/h3-8,10H,9,11-12H2,1-2H3,(H,24,27). The van der Waals surface area contributed by atoms with Crippen LogP contribution in [0.5, 0.6) is 5.75 Å². The molecule has 0 bridgehead atoms. The lowest BCUT2D eigenvalue weighted by Crippen LogP contribution is -2.22. The third-order valence-electron chi connectivity index (χ3n) is 4.63. The number of hydrogen-bond donors (Lipinski definition) is 1. The van der Waals surface area contributed by atoms with Crippen LogP contribution in [0.25, 0.3) is 0 Å². The van der Waals surface area contributed by atoms with Crippen LogP contribution in [-0.4, -0.2) is 28.6 Å². The minimum atomic E-state index is -0.711. The second kappa shape index (κ2) is 10.6. The summed E-state index contributed by atoms with van der Waals surface area (Å²) in [5, 5.41) is 17.4. The van der Waals surface area contributed by atoms with Crippen LogP contribution in [-0.2, 0) is 27.4 Å². The maximum absolute atomic E-state index is 12.1. The molecule has 10 nitrogen and oxygen atoms in total. The minimum Gasteiger partial charge on any atom is -0.489 e. The van der Waals surface area contributed by atoms with Gasteiger partial charge in [-0.05, 0) is 43.7 Å². The number of carbonyl (C=O) groups excluding carboxylic acids is 2. The van der Waals surface area contributed by atoms with E-state index in [1.165, 1.54) is 12.1 Å². The molecule has 0 aliphatic carbocycles. The summed E-state index contributed by atoms with van der Waals surface area (Å²) < 4.78 is 15.8. The zero-order chi connectivity index (χ0) is 24.0. The molecular weight excluding hydrogens is 454 g/mol. The fraction of sp³-hybridized carbons (Fsp3) is 0.227. The first-order chi connectivity index (χ1) is 15.7. The molecule has 0 aliphatic rings. The third-order valence-corrected chi connectivity index (χ3v) is 4.87. The summed E-state index contributed by atoms with van der Waals surface area (Å²) in [6, 6.07) is 10.7. The number of aromatic nitrogens is 1. The average Bonchev–Trinajstić information content (AvgIpc) is 3.10. The molecule has 0 unspecified atom stereocenters. The number of benzene rings is 2. The number of halogens is 1. The van der Waals surface area contributed by atoms with Gasteiger partial charge < -0.3 is 19.3 Å². The van der Waals surface area contributed by atoms with Gasteiger partial charge in [-0.15, -0.1) is 0 Å². The van der Waals surface area contributed by atoms with E-state index in [0.29, 0.717) is 23.7 Å². The van der Waals surface area contributed by atoms with Crippen LogP contribution < -0.4 is 10.1 Å². The number of rotatable bonds is 9. The zero-order valence-electron chi connectivity index (χ0n) is 17.8. The van der Waals surface area contributed by atoms with Gasteiger partial charge in [-0.1, -0.05) is 28.9 Å². The van der Waals surface area contributed by atoms with E-state index in [-0.39, 0.29) is 22.8 Å². The lowest BCUT2D eigenvalue weighted by molar-refractivity contribution is -0.383. The molecule has 1 N–H and O–H groups in total. The molecule has 0 saturated heterocycles. The van der Waals surface area contributed by atoms with Gasteiger partial charge in [0.15, 0.2) is 6.61 Å². The van der Waals surface area contributed by atoms with Gasteiger partial charge in [0.1, 0.15) is 23.8 Å². The Bertz CT molecular complexity index is 1160. The van der Waals surface area contributed by atoms with Crippen molar-refractivity contribution in [2.24, 2.45) is 0 Å². The van der Waals surface area contributed by atoms with E-state index in [1.807, 2.05) is 13.8 Å². The number of esters is 1. The van der Waals surface area contributed by atoms with Crippen molar-refractivity contribution in [3.05, 3.63) is 80.2 Å². The predicted octanol–water partition coefficient (Wildman–Crippen LogP) is 4.16. The second-order valence-corrected chi connectivity index (χ2v) is 7.48. The van der Waals surface area contributed by atoms with E-state index in [4.69, 9.17) is 25.6 Å². The normalized spacial score (nSPS) is 10.5. The summed E-state index contributed by atoms with van der Waals surface area (Å²) in [5.74, 6) is -0.0328. The Labute approximate surface area is 193 Å². The summed E-state index contributed by atoms with van der Waals surface area (Å²) in [4.78, 5) is 34.5. The SMILES string of the molecule is Cc1noc(C)c1COc1ccc(CC(=O)OCC(=O)Nc2ccc(Cl)cc2[N+](=O)[O-])cc1. The first-order valence-corrected chi connectivity index (χ1v) is 10.1. The van der Waals surface area contributed by atoms with Crippen LogP contribution in [0.2, 0.25) is 5.02 Å². The third kappa shape index (κ3) is 6.53. The molecule has 0 spiro atoms. The van der Waals surface area contributed by atoms with Crippen LogP contribution in [0.3, 0.4) is 0 Å². The number of carbonyl (C=O) groups is 2. The highest BCUT2D eigenvalue weighted by Gasteiger charge is 2.17. The highest BCUT2D eigenvalue weighted by molar-refractivity contribution is 6.31. The fourth-order valence-electron chi connectivity index (χ4n) is 2.88. The van der Waals surface area contributed by atoms with Gasteiger partial charge in [0.2, 0.25) is 0 Å². The smallest absolute Gasteiger partial charge is 0.310 e. The van der Waals surface area contributed by atoms with Gasteiger partial charge in [-0.2, -0.15) is 0 Å². The molecule has 3 aromatic rings.